The fourth-order valence-corrected chi connectivity index (χ4v) is 3.43. The molecule has 2 atom stereocenters. The lowest BCUT2D eigenvalue weighted by molar-refractivity contribution is -0.119. The van der Waals surface area contributed by atoms with Crippen LogP contribution < -0.4 is 5.32 Å². The van der Waals surface area contributed by atoms with Gasteiger partial charge in [-0.3, -0.25) is 4.79 Å². The van der Waals surface area contributed by atoms with Crippen LogP contribution in [-0.4, -0.2) is 17.7 Å². The lowest BCUT2D eigenvalue weighted by Gasteiger charge is -2.29. The predicted octanol–water partition coefficient (Wildman–Crippen LogP) is 4.24. The maximum Gasteiger partial charge on any atom is 0.230 e. The van der Waals surface area contributed by atoms with Crippen LogP contribution in [0.2, 0.25) is 0 Å². The van der Waals surface area contributed by atoms with E-state index in [0.29, 0.717) is 17.7 Å². The van der Waals surface area contributed by atoms with Crippen LogP contribution >= 0.6 is 27.7 Å². The maximum absolute atomic E-state index is 12.0. The first-order valence-electron chi connectivity index (χ1n) is 6.83. The Labute approximate surface area is 127 Å². The van der Waals surface area contributed by atoms with Gasteiger partial charge in [0.15, 0.2) is 0 Å². The fourth-order valence-electron chi connectivity index (χ4n) is 2.46. The van der Waals surface area contributed by atoms with Crippen LogP contribution in [0.1, 0.15) is 32.6 Å². The van der Waals surface area contributed by atoms with Crippen molar-refractivity contribution in [3.63, 3.8) is 0 Å². The molecule has 0 radical (unpaired) electrons. The number of hydrogen-bond donors (Lipinski definition) is 1. The highest BCUT2D eigenvalue weighted by atomic mass is 79.9. The summed E-state index contributed by atoms with van der Waals surface area (Å²) in [7, 11) is 0. The van der Waals surface area contributed by atoms with Gasteiger partial charge in [-0.15, -0.1) is 11.8 Å². The van der Waals surface area contributed by atoms with Gasteiger partial charge < -0.3 is 5.32 Å². The second-order valence-corrected chi connectivity index (χ2v) is 7.14. The minimum atomic E-state index is 0.159. The van der Waals surface area contributed by atoms with Crippen LogP contribution in [0.3, 0.4) is 0 Å². The van der Waals surface area contributed by atoms with E-state index in [9.17, 15) is 4.79 Å². The molecule has 1 fully saturated rings. The number of amides is 1. The maximum atomic E-state index is 12.0. The minimum Gasteiger partial charge on any atom is -0.352 e. The van der Waals surface area contributed by atoms with Gasteiger partial charge in [0, 0.05) is 15.4 Å². The number of hydrogen-bond acceptors (Lipinski definition) is 2. The molecule has 0 aliphatic heterocycles. The van der Waals surface area contributed by atoms with Crippen LogP contribution in [0.4, 0.5) is 0 Å². The zero-order chi connectivity index (χ0) is 13.7. The van der Waals surface area contributed by atoms with Gasteiger partial charge in [-0.2, -0.15) is 0 Å². The molecule has 1 aliphatic carbocycles. The smallest absolute Gasteiger partial charge is 0.230 e. The average Bonchev–Trinajstić information content (AvgIpc) is 2.41. The molecule has 1 aromatic rings. The van der Waals surface area contributed by atoms with E-state index in [0.717, 1.165) is 15.8 Å². The first kappa shape index (κ1) is 14.9. The first-order valence-corrected chi connectivity index (χ1v) is 8.61. The topological polar surface area (TPSA) is 29.1 Å². The molecule has 2 nitrogen and oxygen atoms in total. The molecule has 0 unspecified atom stereocenters. The van der Waals surface area contributed by atoms with Gasteiger partial charge >= 0.3 is 0 Å². The van der Waals surface area contributed by atoms with E-state index in [1.165, 1.54) is 19.3 Å². The summed E-state index contributed by atoms with van der Waals surface area (Å²) in [4.78, 5) is 13.1. The third kappa shape index (κ3) is 4.84. The van der Waals surface area contributed by atoms with E-state index in [1.54, 1.807) is 11.8 Å². The van der Waals surface area contributed by atoms with Crippen molar-refractivity contribution >= 4 is 33.6 Å². The Kier molecular flexibility index (Phi) is 5.76. The number of thioether (sulfide) groups is 1. The molecule has 1 aromatic carbocycles. The second kappa shape index (κ2) is 7.34. The molecule has 1 N–H and O–H groups in total. The Morgan fingerprint density at radius 3 is 2.68 bits per heavy atom. The van der Waals surface area contributed by atoms with Crippen molar-refractivity contribution < 1.29 is 4.79 Å². The summed E-state index contributed by atoms with van der Waals surface area (Å²) in [5, 5.41) is 3.18. The van der Waals surface area contributed by atoms with Crippen LogP contribution in [0.5, 0.6) is 0 Å². The van der Waals surface area contributed by atoms with Crippen LogP contribution in [0.25, 0.3) is 0 Å². The van der Waals surface area contributed by atoms with Gasteiger partial charge in [0.2, 0.25) is 5.91 Å². The second-order valence-electron chi connectivity index (χ2n) is 5.18. The van der Waals surface area contributed by atoms with E-state index in [2.05, 4.69) is 28.2 Å². The minimum absolute atomic E-state index is 0.159. The first-order chi connectivity index (χ1) is 9.15. The van der Waals surface area contributed by atoms with Crippen molar-refractivity contribution in [2.75, 3.05) is 5.75 Å². The summed E-state index contributed by atoms with van der Waals surface area (Å²) < 4.78 is 1.07. The van der Waals surface area contributed by atoms with Crippen LogP contribution in [0, 0.1) is 5.92 Å². The quantitative estimate of drug-likeness (QED) is 0.830. The van der Waals surface area contributed by atoms with Crippen molar-refractivity contribution in [3.8, 4) is 0 Å². The molecule has 0 spiro atoms. The zero-order valence-corrected chi connectivity index (χ0v) is 13.6. The normalized spacial score (nSPS) is 23.1. The van der Waals surface area contributed by atoms with Gasteiger partial charge in [0.1, 0.15) is 0 Å². The van der Waals surface area contributed by atoms with E-state index >= 15 is 0 Å². The Hall–Kier alpha value is -0.480. The fraction of sp³-hybridized carbons (Fsp3) is 0.533. The van der Waals surface area contributed by atoms with Crippen LogP contribution in [-0.2, 0) is 4.79 Å². The standard InChI is InChI=1S/C15H20BrNOS/c1-11-4-2-3-5-14(11)17-15(18)10-19-13-8-6-12(16)7-9-13/h6-9,11,14H,2-5,10H2,1H3,(H,17,18)/t11-,14+/m0/s1. The van der Waals surface area contributed by atoms with Gasteiger partial charge in [0.05, 0.1) is 5.75 Å². The van der Waals surface area contributed by atoms with E-state index in [4.69, 9.17) is 0 Å². The van der Waals surface area contributed by atoms with Crippen molar-refractivity contribution in [2.45, 2.75) is 43.5 Å². The summed E-state index contributed by atoms with van der Waals surface area (Å²) >= 11 is 5.00. The van der Waals surface area contributed by atoms with Crippen molar-refractivity contribution in [3.05, 3.63) is 28.7 Å². The summed E-state index contributed by atoms with van der Waals surface area (Å²) in [6.07, 6.45) is 4.93. The molecule has 0 heterocycles. The highest BCUT2D eigenvalue weighted by Crippen LogP contribution is 2.24. The number of nitrogens with one attached hydrogen (secondary N) is 1. The summed E-state index contributed by atoms with van der Waals surface area (Å²) in [6, 6.07) is 8.45. The third-order valence-electron chi connectivity index (χ3n) is 3.64. The number of carbonyl (C=O) groups excluding carboxylic acids is 1. The Bertz CT molecular complexity index is 421. The molecular formula is C15H20BrNOS. The predicted molar refractivity (Wildman–Crippen MR) is 84.4 cm³/mol. The van der Waals surface area contributed by atoms with Crippen molar-refractivity contribution in [2.24, 2.45) is 5.92 Å². The number of benzene rings is 1. The number of halogens is 1. The Balaban J connectivity index is 1.76. The summed E-state index contributed by atoms with van der Waals surface area (Å²) in [6.45, 7) is 2.24. The number of carbonyl (C=O) groups is 1. The van der Waals surface area contributed by atoms with Gasteiger partial charge in [-0.25, -0.2) is 0 Å². The zero-order valence-electron chi connectivity index (χ0n) is 11.2. The summed E-state index contributed by atoms with van der Waals surface area (Å²) in [5.41, 5.74) is 0. The lowest BCUT2D eigenvalue weighted by atomic mass is 9.86. The molecule has 19 heavy (non-hydrogen) atoms. The SMILES string of the molecule is C[C@H]1CCCC[C@H]1NC(=O)CSc1ccc(Br)cc1. The van der Waals surface area contributed by atoms with E-state index in [1.807, 2.05) is 24.3 Å². The third-order valence-corrected chi connectivity index (χ3v) is 5.18. The Morgan fingerprint density at radius 2 is 2.00 bits per heavy atom. The van der Waals surface area contributed by atoms with E-state index < -0.39 is 0 Å². The Morgan fingerprint density at radius 1 is 1.32 bits per heavy atom. The van der Waals surface area contributed by atoms with Crippen molar-refractivity contribution in [1.29, 1.82) is 0 Å². The largest absolute Gasteiger partial charge is 0.352 e. The lowest BCUT2D eigenvalue weighted by Crippen LogP contribution is -2.41. The van der Waals surface area contributed by atoms with Gasteiger partial charge in [0.25, 0.3) is 0 Å². The number of rotatable bonds is 4. The van der Waals surface area contributed by atoms with Gasteiger partial charge in [-0.1, -0.05) is 35.7 Å². The van der Waals surface area contributed by atoms with Gasteiger partial charge in [-0.05, 0) is 43.0 Å². The average molecular weight is 342 g/mol. The van der Waals surface area contributed by atoms with Crippen LogP contribution in [0.15, 0.2) is 33.6 Å². The molecule has 0 bridgehead atoms. The summed E-state index contributed by atoms with van der Waals surface area (Å²) in [5.74, 6) is 1.28. The monoisotopic (exact) mass is 341 g/mol. The molecule has 2 rings (SSSR count). The molecular weight excluding hydrogens is 322 g/mol. The molecule has 1 saturated carbocycles. The van der Waals surface area contributed by atoms with Crippen molar-refractivity contribution in [1.82, 2.24) is 5.32 Å². The molecule has 0 saturated heterocycles. The molecule has 1 aliphatic rings. The highest BCUT2D eigenvalue weighted by Gasteiger charge is 2.22. The van der Waals surface area contributed by atoms with E-state index in [-0.39, 0.29) is 5.91 Å². The molecule has 1 amide bonds. The highest BCUT2D eigenvalue weighted by molar-refractivity contribution is 9.10. The molecule has 104 valence electrons. The molecule has 0 aromatic heterocycles. The molecule has 4 heteroatoms.